The lowest BCUT2D eigenvalue weighted by atomic mass is 10.0. The number of carbonyl (C=O) groups excluding carboxylic acids is 3. The van der Waals surface area contributed by atoms with Crippen molar-refractivity contribution >= 4 is 23.8 Å². The number of nitrogens with zero attached hydrogens (tertiary/aromatic N) is 2. The molecule has 2 saturated heterocycles. The van der Waals surface area contributed by atoms with Gasteiger partial charge >= 0.3 is 0 Å². The van der Waals surface area contributed by atoms with Gasteiger partial charge in [0, 0.05) is 57.4 Å². The largest absolute Gasteiger partial charge is 0.371 e. The second-order valence-corrected chi connectivity index (χ2v) is 7.72. The molecule has 0 aliphatic carbocycles. The number of anilines is 1. The summed E-state index contributed by atoms with van der Waals surface area (Å²) >= 11 is 0. The van der Waals surface area contributed by atoms with Gasteiger partial charge in [-0.25, -0.2) is 0 Å². The quantitative estimate of drug-likeness (QED) is 0.396. The third-order valence-electron chi connectivity index (χ3n) is 5.85. The van der Waals surface area contributed by atoms with Gasteiger partial charge in [0.2, 0.25) is 11.8 Å². The molecular formula is C21H29N3O5. The van der Waals surface area contributed by atoms with Gasteiger partial charge in [-0.1, -0.05) is 0 Å². The van der Waals surface area contributed by atoms with Gasteiger partial charge in [0.1, 0.15) is 6.29 Å². The van der Waals surface area contributed by atoms with Gasteiger partial charge in [0.25, 0.3) is 0 Å². The number of hydrogen-bond donors (Lipinski definition) is 1. The van der Waals surface area contributed by atoms with E-state index in [4.69, 9.17) is 9.47 Å². The predicted octanol–water partition coefficient (Wildman–Crippen LogP) is 1.18. The van der Waals surface area contributed by atoms with Crippen LogP contribution in [0.15, 0.2) is 18.2 Å². The molecule has 0 spiro atoms. The van der Waals surface area contributed by atoms with Crippen molar-refractivity contribution in [1.29, 1.82) is 0 Å². The highest BCUT2D eigenvalue weighted by molar-refractivity contribution is 6.00. The minimum absolute atomic E-state index is 0.229. The molecule has 2 fully saturated rings. The van der Waals surface area contributed by atoms with Crippen LogP contribution in [0.1, 0.15) is 35.2 Å². The van der Waals surface area contributed by atoms with Gasteiger partial charge in [-0.15, -0.1) is 0 Å². The molecule has 0 saturated carbocycles. The molecule has 2 aliphatic rings. The number of rotatable bonds is 8. The smallest absolute Gasteiger partial charge is 0.243 e. The molecule has 2 amide bonds. The number of aldehydes is 1. The maximum absolute atomic E-state index is 12.1. The number of amides is 2. The average molecular weight is 403 g/mol. The number of piperidine rings is 1. The number of imide groups is 1. The summed E-state index contributed by atoms with van der Waals surface area (Å²) in [6.45, 7) is 2.15. The molecule has 2 heterocycles. The number of carbonyl (C=O) groups is 3. The van der Waals surface area contributed by atoms with E-state index in [1.165, 1.54) is 0 Å². The van der Waals surface area contributed by atoms with Crippen LogP contribution in [-0.2, 0) is 25.6 Å². The Hall–Kier alpha value is -2.29. The summed E-state index contributed by atoms with van der Waals surface area (Å²) in [6.07, 6.45) is 2.40. The molecule has 1 N–H and O–H groups in total. The maximum Gasteiger partial charge on any atom is 0.243 e. The topological polar surface area (TPSA) is 88.2 Å². The normalized spacial score (nSPS) is 22.4. The molecule has 0 aromatic heterocycles. The van der Waals surface area contributed by atoms with Crippen molar-refractivity contribution in [2.24, 2.45) is 5.92 Å². The summed E-state index contributed by atoms with van der Waals surface area (Å²) in [6, 6.07) is 5.42. The highest BCUT2D eigenvalue weighted by Gasteiger charge is 2.31. The first kappa shape index (κ1) is 21.4. The number of benzene rings is 1. The van der Waals surface area contributed by atoms with Crippen molar-refractivity contribution in [1.82, 2.24) is 10.2 Å². The second-order valence-electron chi connectivity index (χ2n) is 7.72. The van der Waals surface area contributed by atoms with E-state index in [0.29, 0.717) is 24.9 Å². The number of hydrogen-bond acceptors (Lipinski definition) is 7. The van der Waals surface area contributed by atoms with E-state index in [2.05, 4.69) is 10.2 Å². The highest BCUT2D eigenvalue weighted by Crippen LogP contribution is 2.29. The number of likely N-dealkylation sites (N-methyl/N-ethyl adjacent to an activating group) is 1. The average Bonchev–Trinajstić information content (AvgIpc) is 3.18. The monoisotopic (exact) mass is 403 g/mol. The van der Waals surface area contributed by atoms with Crippen LogP contribution in [0.25, 0.3) is 0 Å². The first-order valence-corrected chi connectivity index (χ1v) is 9.89. The molecule has 8 nitrogen and oxygen atoms in total. The standard InChI is InChI=1S/C21H29N3O5/c1-23(18-6-7-19(26)22-20(18)27)11-16-10-17(5-4-15(16)13-25)24-9-8-14(12-24)21(28-2)29-3/h4-5,10,13-14,18,21H,6-9,11-12H2,1-3H3,(H,22,26,27). The van der Waals surface area contributed by atoms with Crippen LogP contribution < -0.4 is 10.2 Å². The lowest BCUT2D eigenvalue weighted by Gasteiger charge is -2.30. The SMILES string of the molecule is COC(OC)C1CCN(c2ccc(C=O)c(CN(C)C3CCC(=O)NC3=O)c2)C1. The van der Waals surface area contributed by atoms with E-state index in [1.54, 1.807) is 14.2 Å². The van der Waals surface area contributed by atoms with Gasteiger partial charge in [-0.2, -0.15) is 0 Å². The Morgan fingerprint density at radius 1 is 1.28 bits per heavy atom. The van der Waals surface area contributed by atoms with Crippen LogP contribution in [0, 0.1) is 5.92 Å². The molecular weight excluding hydrogens is 374 g/mol. The first-order chi connectivity index (χ1) is 14.0. The molecule has 2 atom stereocenters. The fourth-order valence-corrected chi connectivity index (χ4v) is 4.25. The summed E-state index contributed by atoms with van der Waals surface area (Å²) in [7, 11) is 5.15. The Morgan fingerprint density at radius 3 is 2.69 bits per heavy atom. The number of nitrogens with one attached hydrogen (secondary N) is 1. The van der Waals surface area contributed by atoms with Gasteiger partial charge < -0.3 is 14.4 Å². The van der Waals surface area contributed by atoms with Crippen molar-refractivity contribution in [3.63, 3.8) is 0 Å². The molecule has 2 aliphatic heterocycles. The van der Waals surface area contributed by atoms with Crippen molar-refractivity contribution < 1.29 is 23.9 Å². The molecule has 0 radical (unpaired) electrons. The Balaban J connectivity index is 1.73. The summed E-state index contributed by atoms with van der Waals surface area (Å²) < 4.78 is 10.8. The lowest BCUT2D eigenvalue weighted by Crippen LogP contribution is -2.51. The van der Waals surface area contributed by atoms with E-state index < -0.39 is 0 Å². The van der Waals surface area contributed by atoms with E-state index in [-0.39, 0.29) is 30.1 Å². The molecule has 29 heavy (non-hydrogen) atoms. The zero-order chi connectivity index (χ0) is 21.0. The van der Waals surface area contributed by atoms with Crippen molar-refractivity contribution in [2.75, 3.05) is 39.3 Å². The number of ether oxygens (including phenoxy) is 2. The second kappa shape index (κ2) is 9.47. The lowest BCUT2D eigenvalue weighted by molar-refractivity contribution is -0.137. The zero-order valence-electron chi connectivity index (χ0n) is 17.2. The minimum atomic E-state index is -0.379. The van der Waals surface area contributed by atoms with E-state index >= 15 is 0 Å². The van der Waals surface area contributed by atoms with Crippen LogP contribution >= 0.6 is 0 Å². The van der Waals surface area contributed by atoms with Crippen LogP contribution in [0.2, 0.25) is 0 Å². The van der Waals surface area contributed by atoms with Gasteiger partial charge in [-0.05, 0) is 43.7 Å². The fourth-order valence-electron chi connectivity index (χ4n) is 4.25. The van der Waals surface area contributed by atoms with Gasteiger partial charge in [-0.3, -0.25) is 24.6 Å². The van der Waals surface area contributed by atoms with Crippen molar-refractivity contribution in [3.05, 3.63) is 29.3 Å². The van der Waals surface area contributed by atoms with Gasteiger partial charge in [0.05, 0.1) is 6.04 Å². The molecule has 2 unspecified atom stereocenters. The van der Waals surface area contributed by atoms with Crippen LogP contribution in [0.5, 0.6) is 0 Å². The minimum Gasteiger partial charge on any atom is -0.371 e. The first-order valence-electron chi connectivity index (χ1n) is 9.89. The predicted molar refractivity (Wildman–Crippen MR) is 108 cm³/mol. The molecule has 3 rings (SSSR count). The van der Waals surface area contributed by atoms with E-state index in [1.807, 2.05) is 30.1 Å². The third kappa shape index (κ3) is 4.83. The summed E-state index contributed by atoms with van der Waals surface area (Å²) in [5.41, 5.74) is 2.51. The Labute approximate surface area is 171 Å². The Kier molecular flexibility index (Phi) is 7.00. The molecule has 0 bridgehead atoms. The van der Waals surface area contributed by atoms with Crippen LogP contribution in [0.3, 0.4) is 0 Å². The summed E-state index contributed by atoms with van der Waals surface area (Å²) in [5.74, 6) is -0.227. The third-order valence-corrected chi connectivity index (χ3v) is 5.85. The summed E-state index contributed by atoms with van der Waals surface area (Å²) in [5, 5.41) is 2.39. The van der Waals surface area contributed by atoms with E-state index in [9.17, 15) is 14.4 Å². The molecule has 158 valence electrons. The van der Waals surface area contributed by atoms with E-state index in [0.717, 1.165) is 37.0 Å². The van der Waals surface area contributed by atoms with Crippen molar-refractivity contribution in [2.45, 2.75) is 38.1 Å². The molecule has 1 aromatic carbocycles. The van der Waals surface area contributed by atoms with Crippen LogP contribution in [0.4, 0.5) is 5.69 Å². The zero-order valence-corrected chi connectivity index (χ0v) is 17.2. The van der Waals surface area contributed by atoms with Crippen molar-refractivity contribution in [3.8, 4) is 0 Å². The van der Waals surface area contributed by atoms with Gasteiger partial charge in [0.15, 0.2) is 6.29 Å². The van der Waals surface area contributed by atoms with Crippen LogP contribution in [-0.4, -0.2) is 69.7 Å². The molecule has 1 aromatic rings. The molecule has 8 heteroatoms. The Bertz CT molecular complexity index is 765. The number of methoxy groups -OCH3 is 2. The Morgan fingerprint density at radius 2 is 2.03 bits per heavy atom. The maximum atomic E-state index is 12.1. The summed E-state index contributed by atoms with van der Waals surface area (Å²) in [4.78, 5) is 39.3. The highest BCUT2D eigenvalue weighted by atomic mass is 16.7. The fraction of sp³-hybridized carbons (Fsp3) is 0.571.